The first-order valence-electron chi connectivity index (χ1n) is 16.2. The fourth-order valence-electron chi connectivity index (χ4n) is 4.91. The lowest BCUT2D eigenvalue weighted by Gasteiger charge is -2.40. The van der Waals surface area contributed by atoms with Crippen LogP contribution in [0.4, 0.5) is 5.69 Å². The van der Waals surface area contributed by atoms with Gasteiger partial charge in [0, 0.05) is 12.6 Å². The predicted octanol–water partition coefficient (Wildman–Crippen LogP) is 8.47. The van der Waals surface area contributed by atoms with Crippen molar-refractivity contribution in [2.75, 3.05) is 11.9 Å². The molecule has 1 amide bonds. The van der Waals surface area contributed by atoms with Gasteiger partial charge in [-0.15, -0.1) is 0 Å². The summed E-state index contributed by atoms with van der Waals surface area (Å²) in [7, 11) is -2.17. The fraction of sp³-hybridized carbons (Fsp3) is 0.333. The van der Waals surface area contributed by atoms with E-state index in [2.05, 4.69) is 51.4 Å². The van der Waals surface area contributed by atoms with Gasteiger partial charge in [0.05, 0.1) is 17.4 Å². The van der Waals surface area contributed by atoms with Gasteiger partial charge in [-0.25, -0.2) is 4.79 Å². The molecule has 7 nitrogen and oxygen atoms in total. The first kappa shape index (κ1) is 35.6. The Labute approximate surface area is 280 Å². The molecule has 0 fully saturated rings. The Morgan fingerprint density at radius 2 is 1.47 bits per heavy atom. The summed E-state index contributed by atoms with van der Waals surface area (Å²) in [5.41, 5.74) is 5.12. The fourth-order valence-corrected chi connectivity index (χ4v) is 6.20. The molecular weight excluding hydrogens is 605 g/mol. The number of nitrogens with one attached hydrogen (secondary N) is 2. The number of carbonyl (C=O) groups excluding carboxylic acids is 2. The number of esters is 1. The van der Waals surface area contributed by atoms with Gasteiger partial charge in [0.2, 0.25) is 6.41 Å². The van der Waals surface area contributed by atoms with Crippen molar-refractivity contribution in [3.8, 4) is 5.75 Å². The summed E-state index contributed by atoms with van der Waals surface area (Å²) in [6.45, 7) is 14.5. The lowest BCUT2D eigenvalue weighted by Crippen LogP contribution is -2.44. The van der Waals surface area contributed by atoms with Gasteiger partial charge in [0.1, 0.15) is 19.0 Å². The van der Waals surface area contributed by atoms with Crippen molar-refractivity contribution < 1.29 is 23.5 Å². The van der Waals surface area contributed by atoms with Crippen LogP contribution in [0.3, 0.4) is 0 Å². The third kappa shape index (κ3) is 10.6. The maximum atomic E-state index is 12.8. The zero-order valence-corrected chi connectivity index (χ0v) is 29.4. The molecular formula is C39H48N2O5Si. The Kier molecular flexibility index (Phi) is 12.5. The van der Waals surface area contributed by atoms with Gasteiger partial charge in [-0.3, -0.25) is 4.79 Å². The molecule has 2 atom stereocenters. The standard InChI is InChI=1S/C39H48N2O5Si/c1-29(22-32-18-13-19-34(23-32)38(43)45-27-31-16-11-8-12-17-31)40-25-37(46-47(5,6)39(2,3)4)33-20-21-36(35(24-33)41-28-42)44-26-30-14-9-7-10-15-30/h7-21,23-24,28-29,37,40H,22,25-27H2,1-6H3,(H,41,42). The minimum Gasteiger partial charge on any atom is -0.487 e. The van der Waals surface area contributed by atoms with Crippen molar-refractivity contribution in [3.63, 3.8) is 0 Å². The number of benzene rings is 4. The molecule has 0 aliphatic heterocycles. The summed E-state index contributed by atoms with van der Waals surface area (Å²) in [5, 5.41) is 6.50. The number of amides is 1. The van der Waals surface area contributed by atoms with E-state index in [0.717, 1.165) is 28.7 Å². The van der Waals surface area contributed by atoms with E-state index in [4.69, 9.17) is 13.9 Å². The van der Waals surface area contributed by atoms with E-state index in [9.17, 15) is 9.59 Å². The second-order valence-corrected chi connectivity index (χ2v) is 18.2. The van der Waals surface area contributed by atoms with Crippen molar-refractivity contribution in [1.82, 2.24) is 5.32 Å². The van der Waals surface area contributed by atoms with Gasteiger partial charge in [-0.2, -0.15) is 0 Å². The smallest absolute Gasteiger partial charge is 0.338 e. The molecule has 4 rings (SSSR count). The van der Waals surface area contributed by atoms with Crippen LogP contribution < -0.4 is 15.4 Å². The van der Waals surface area contributed by atoms with Gasteiger partial charge in [0.15, 0.2) is 8.32 Å². The van der Waals surface area contributed by atoms with Crippen LogP contribution in [-0.2, 0) is 33.6 Å². The number of hydrogen-bond donors (Lipinski definition) is 2. The monoisotopic (exact) mass is 652 g/mol. The molecule has 0 radical (unpaired) electrons. The molecule has 2 N–H and O–H groups in total. The van der Waals surface area contributed by atoms with Crippen LogP contribution >= 0.6 is 0 Å². The molecule has 0 saturated heterocycles. The van der Waals surface area contributed by atoms with Crippen LogP contribution in [0.5, 0.6) is 5.75 Å². The number of hydrogen-bond acceptors (Lipinski definition) is 6. The van der Waals surface area contributed by atoms with Gasteiger partial charge < -0.3 is 24.5 Å². The molecule has 4 aromatic carbocycles. The molecule has 4 aromatic rings. The molecule has 0 bridgehead atoms. The van der Waals surface area contributed by atoms with Gasteiger partial charge in [0.25, 0.3) is 0 Å². The van der Waals surface area contributed by atoms with E-state index in [1.807, 2.05) is 97.1 Å². The number of ether oxygens (including phenoxy) is 2. The average molecular weight is 653 g/mol. The number of anilines is 1. The van der Waals surface area contributed by atoms with Crippen LogP contribution in [-0.4, -0.2) is 33.3 Å². The highest BCUT2D eigenvalue weighted by Gasteiger charge is 2.39. The van der Waals surface area contributed by atoms with Crippen LogP contribution in [0, 0.1) is 0 Å². The quantitative estimate of drug-likeness (QED) is 0.0718. The molecule has 0 aliphatic carbocycles. The van der Waals surface area contributed by atoms with E-state index < -0.39 is 8.32 Å². The van der Waals surface area contributed by atoms with Gasteiger partial charge in [-0.05, 0) is 78.0 Å². The SMILES string of the molecule is CC(Cc1cccc(C(=O)OCc2ccccc2)c1)NCC(O[Si](C)(C)C(C)(C)C)c1ccc(OCc2ccccc2)c(NC=O)c1. The topological polar surface area (TPSA) is 85.9 Å². The minimum absolute atomic E-state index is 0.00897. The van der Waals surface area contributed by atoms with Gasteiger partial charge in [-0.1, -0.05) is 99.6 Å². The Morgan fingerprint density at radius 3 is 2.11 bits per heavy atom. The third-order valence-corrected chi connectivity index (χ3v) is 13.1. The van der Waals surface area contributed by atoms with E-state index in [1.165, 1.54) is 0 Å². The van der Waals surface area contributed by atoms with Crippen LogP contribution in [0.25, 0.3) is 0 Å². The van der Waals surface area contributed by atoms with Crippen molar-refractivity contribution in [2.24, 2.45) is 0 Å². The Morgan fingerprint density at radius 1 is 0.830 bits per heavy atom. The highest BCUT2D eigenvalue weighted by Crippen LogP contribution is 2.40. The van der Waals surface area contributed by atoms with Crippen LogP contribution in [0.15, 0.2) is 103 Å². The first-order chi connectivity index (χ1) is 22.4. The zero-order valence-electron chi connectivity index (χ0n) is 28.4. The summed E-state index contributed by atoms with van der Waals surface area (Å²) in [6, 6.07) is 33.2. The number of carbonyl (C=O) groups is 2. The molecule has 2 unspecified atom stereocenters. The lowest BCUT2D eigenvalue weighted by molar-refractivity contribution is -0.105. The molecule has 0 spiro atoms. The average Bonchev–Trinajstić information content (AvgIpc) is 3.05. The van der Waals surface area contributed by atoms with E-state index in [1.54, 1.807) is 6.07 Å². The van der Waals surface area contributed by atoms with E-state index in [-0.39, 0.29) is 29.8 Å². The Balaban J connectivity index is 1.46. The molecule has 0 heterocycles. The highest BCUT2D eigenvalue weighted by molar-refractivity contribution is 6.74. The molecule has 0 aromatic heterocycles. The van der Waals surface area contributed by atoms with Crippen molar-refractivity contribution in [3.05, 3.63) is 131 Å². The van der Waals surface area contributed by atoms with Crippen molar-refractivity contribution in [2.45, 2.75) is 77.6 Å². The third-order valence-electron chi connectivity index (χ3n) is 8.64. The first-order valence-corrected chi connectivity index (χ1v) is 19.1. The molecule has 8 heteroatoms. The maximum absolute atomic E-state index is 12.8. The second kappa shape index (κ2) is 16.5. The van der Waals surface area contributed by atoms with Crippen molar-refractivity contribution in [1.29, 1.82) is 0 Å². The largest absolute Gasteiger partial charge is 0.487 e. The van der Waals surface area contributed by atoms with Gasteiger partial charge >= 0.3 is 5.97 Å². The molecule has 0 saturated carbocycles. The second-order valence-electron chi connectivity index (χ2n) is 13.4. The summed E-state index contributed by atoms with van der Waals surface area (Å²) in [5.74, 6) is 0.259. The molecule has 248 valence electrons. The molecule has 47 heavy (non-hydrogen) atoms. The molecule has 0 aliphatic rings. The summed E-state index contributed by atoms with van der Waals surface area (Å²) < 4.78 is 18.6. The van der Waals surface area contributed by atoms with Crippen LogP contribution in [0.2, 0.25) is 18.1 Å². The van der Waals surface area contributed by atoms with E-state index in [0.29, 0.717) is 36.6 Å². The van der Waals surface area contributed by atoms with E-state index >= 15 is 0 Å². The van der Waals surface area contributed by atoms with Crippen LogP contribution in [0.1, 0.15) is 66.4 Å². The number of rotatable bonds is 16. The summed E-state index contributed by atoms with van der Waals surface area (Å²) in [6.07, 6.45) is 1.13. The lowest BCUT2D eigenvalue weighted by atomic mass is 10.0. The highest BCUT2D eigenvalue weighted by atomic mass is 28.4. The minimum atomic E-state index is -2.17. The van der Waals surface area contributed by atoms with Crippen molar-refractivity contribution >= 4 is 26.4 Å². The summed E-state index contributed by atoms with van der Waals surface area (Å²) in [4.78, 5) is 24.3. The Bertz CT molecular complexity index is 1590. The summed E-state index contributed by atoms with van der Waals surface area (Å²) >= 11 is 0. The predicted molar refractivity (Wildman–Crippen MR) is 191 cm³/mol. The maximum Gasteiger partial charge on any atom is 0.338 e. The zero-order chi connectivity index (χ0) is 33.9. The normalized spacial score (nSPS) is 13.0. The Hall–Kier alpha value is -4.24.